The molecule has 2 N–H and O–H groups in total. The summed E-state index contributed by atoms with van der Waals surface area (Å²) in [6, 6.07) is 10.2. The first-order valence-corrected chi connectivity index (χ1v) is 9.57. The summed E-state index contributed by atoms with van der Waals surface area (Å²) >= 11 is 0. The van der Waals surface area contributed by atoms with Crippen molar-refractivity contribution in [1.82, 2.24) is 15.5 Å². The molecular weight excluding hydrogens is 334 g/mol. The topological polar surface area (TPSA) is 36.5 Å². The molecule has 2 aliphatic rings. The monoisotopic (exact) mass is 367 g/mol. The van der Waals surface area contributed by atoms with Gasteiger partial charge in [-0.3, -0.25) is 0 Å². The van der Waals surface area contributed by atoms with Gasteiger partial charge in [-0.1, -0.05) is 37.6 Å². The molecule has 0 aromatic heterocycles. The van der Waals surface area contributed by atoms with E-state index in [0.29, 0.717) is 18.0 Å². The Balaban J connectivity index is 0.00000225. The van der Waals surface area contributed by atoms with Crippen molar-refractivity contribution < 1.29 is 4.74 Å². The number of halogens is 1. The van der Waals surface area contributed by atoms with Crippen LogP contribution in [0, 0.1) is 5.92 Å². The molecule has 4 nitrogen and oxygen atoms in total. The van der Waals surface area contributed by atoms with Crippen molar-refractivity contribution in [3.05, 3.63) is 35.4 Å². The smallest absolute Gasteiger partial charge is 0.0623 e. The van der Waals surface area contributed by atoms with Gasteiger partial charge in [-0.15, -0.1) is 12.4 Å². The Bertz CT molecular complexity index is 507. The largest absolute Gasteiger partial charge is 0.379 e. The van der Waals surface area contributed by atoms with E-state index in [9.17, 15) is 0 Å². The zero-order valence-electron chi connectivity index (χ0n) is 15.7. The Morgan fingerprint density at radius 2 is 2.12 bits per heavy atom. The minimum absolute atomic E-state index is 0. The van der Waals surface area contributed by atoms with Gasteiger partial charge in [0.25, 0.3) is 0 Å². The molecule has 1 aliphatic carbocycles. The summed E-state index contributed by atoms with van der Waals surface area (Å²) in [7, 11) is 2.17. The highest BCUT2D eigenvalue weighted by Gasteiger charge is 2.34. The average molecular weight is 368 g/mol. The number of rotatable bonds is 7. The Morgan fingerprint density at radius 3 is 2.88 bits per heavy atom. The molecule has 1 aromatic rings. The van der Waals surface area contributed by atoms with Crippen LogP contribution in [0.1, 0.15) is 37.3 Å². The van der Waals surface area contributed by atoms with E-state index in [1.54, 1.807) is 0 Å². The lowest BCUT2D eigenvalue weighted by atomic mass is 9.94. The first-order valence-electron chi connectivity index (χ1n) is 9.57. The van der Waals surface area contributed by atoms with E-state index in [1.807, 2.05) is 0 Å². The van der Waals surface area contributed by atoms with E-state index in [4.69, 9.17) is 4.74 Å². The molecular formula is C20H34ClN3O. The summed E-state index contributed by atoms with van der Waals surface area (Å²) in [5.41, 5.74) is 2.81. The number of nitrogens with one attached hydrogen (secondary N) is 2. The van der Waals surface area contributed by atoms with Gasteiger partial charge in [0.05, 0.1) is 13.2 Å². The molecule has 1 saturated carbocycles. The van der Waals surface area contributed by atoms with Crippen molar-refractivity contribution in [3.63, 3.8) is 0 Å². The van der Waals surface area contributed by atoms with Crippen molar-refractivity contribution in [3.8, 4) is 0 Å². The number of benzene rings is 1. The van der Waals surface area contributed by atoms with Gasteiger partial charge in [0.15, 0.2) is 0 Å². The fourth-order valence-electron chi connectivity index (χ4n) is 4.09. The summed E-state index contributed by atoms with van der Waals surface area (Å²) in [5.74, 6) is 0.708. The Hall–Kier alpha value is -0.650. The van der Waals surface area contributed by atoms with Crippen LogP contribution in [0.15, 0.2) is 24.3 Å². The SMILES string of the molecule is CCN(C)Cc1cccc(CNC2CCCC2C2COCCN2)c1.Cl. The van der Waals surface area contributed by atoms with Crippen molar-refractivity contribution in [2.45, 2.75) is 51.4 Å². The second-order valence-corrected chi connectivity index (χ2v) is 7.37. The van der Waals surface area contributed by atoms with E-state index >= 15 is 0 Å². The molecule has 3 atom stereocenters. The molecule has 2 fully saturated rings. The summed E-state index contributed by atoms with van der Waals surface area (Å²) < 4.78 is 5.67. The van der Waals surface area contributed by atoms with E-state index in [1.165, 1.54) is 30.4 Å². The van der Waals surface area contributed by atoms with Gasteiger partial charge < -0.3 is 20.3 Å². The minimum atomic E-state index is 0. The quantitative estimate of drug-likeness (QED) is 0.777. The predicted molar refractivity (Wildman–Crippen MR) is 106 cm³/mol. The third-order valence-corrected chi connectivity index (χ3v) is 5.59. The van der Waals surface area contributed by atoms with Crippen LogP contribution in [0.25, 0.3) is 0 Å². The zero-order chi connectivity index (χ0) is 16.8. The third-order valence-electron chi connectivity index (χ3n) is 5.59. The molecule has 5 heteroatoms. The summed E-state index contributed by atoms with van der Waals surface area (Å²) in [6.07, 6.45) is 3.95. The molecule has 142 valence electrons. The summed E-state index contributed by atoms with van der Waals surface area (Å²) in [6.45, 7) is 8.03. The second-order valence-electron chi connectivity index (χ2n) is 7.37. The standard InChI is InChI=1S/C20H33N3O.ClH/c1-3-23(2)14-17-7-4-6-16(12-17)13-22-19-9-5-8-18(19)20-15-24-11-10-21-20;/h4,6-7,12,18-22H,3,5,8-11,13-15H2,1-2H3;1H. The summed E-state index contributed by atoms with van der Waals surface area (Å²) in [4.78, 5) is 2.34. The first kappa shape index (κ1) is 20.7. The van der Waals surface area contributed by atoms with Gasteiger partial charge in [0, 0.05) is 31.7 Å². The maximum atomic E-state index is 5.67. The highest BCUT2D eigenvalue weighted by molar-refractivity contribution is 5.85. The number of hydrogen-bond acceptors (Lipinski definition) is 4. The van der Waals surface area contributed by atoms with Gasteiger partial charge in [-0.2, -0.15) is 0 Å². The van der Waals surface area contributed by atoms with Crippen molar-refractivity contribution in [2.24, 2.45) is 5.92 Å². The lowest BCUT2D eigenvalue weighted by Gasteiger charge is -2.33. The van der Waals surface area contributed by atoms with Crippen LogP contribution in [0.3, 0.4) is 0 Å². The third kappa shape index (κ3) is 5.93. The molecule has 3 unspecified atom stereocenters. The van der Waals surface area contributed by atoms with Crippen molar-refractivity contribution >= 4 is 12.4 Å². The first-order chi connectivity index (χ1) is 11.8. The van der Waals surface area contributed by atoms with E-state index < -0.39 is 0 Å². The maximum absolute atomic E-state index is 5.67. The molecule has 0 bridgehead atoms. The molecule has 0 amide bonds. The maximum Gasteiger partial charge on any atom is 0.0623 e. The second kappa shape index (κ2) is 10.5. The molecule has 1 saturated heterocycles. The fourth-order valence-corrected chi connectivity index (χ4v) is 4.09. The van der Waals surface area contributed by atoms with Crippen molar-refractivity contribution in [1.29, 1.82) is 0 Å². The van der Waals surface area contributed by atoms with E-state index in [2.05, 4.69) is 53.8 Å². The molecule has 0 spiro atoms. The number of nitrogens with zero attached hydrogens (tertiary/aromatic N) is 1. The highest BCUT2D eigenvalue weighted by Crippen LogP contribution is 2.29. The zero-order valence-corrected chi connectivity index (χ0v) is 16.5. The normalized spacial score (nSPS) is 26.6. The number of hydrogen-bond donors (Lipinski definition) is 2. The predicted octanol–water partition coefficient (Wildman–Crippen LogP) is 2.81. The van der Waals surface area contributed by atoms with E-state index in [0.717, 1.165) is 39.4 Å². The van der Waals surface area contributed by atoms with Crippen LogP contribution in [-0.4, -0.2) is 50.3 Å². The van der Waals surface area contributed by atoms with E-state index in [-0.39, 0.29) is 12.4 Å². The summed E-state index contributed by atoms with van der Waals surface area (Å²) in [5, 5.41) is 7.49. The van der Waals surface area contributed by atoms with Crippen LogP contribution in [0.4, 0.5) is 0 Å². The van der Waals surface area contributed by atoms with Crippen molar-refractivity contribution in [2.75, 3.05) is 33.4 Å². The highest BCUT2D eigenvalue weighted by atomic mass is 35.5. The van der Waals surface area contributed by atoms with Crippen LogP contribution in [0.5, 0.6) is 0 Å². The number of ether oxygens (including phenoxy) is 1. The molecule has 0 radical (unpaired) electrons. The van der Waals surface area contributed by atoms with Gasteiger partial charge in [0.2, 0.25) is 0 Å². The van der Waals surface area contributed by atoms with Crippen LogP contribution in [-0.2, 0) is 17.8 Å². The Labute approximate surface area is 159 Å². The average Bonchev–Trinajstić information content (AvgIpc) is 3.09. The van der Waals surface area contributed by atoms with Gasteiger partial charge in [0.1, 0.15) is 0 Å². The Kier molecular flexibility index (Phi) is 8.67. The molecule has 1 aliphatic heterocycles. The van der Waals surface area contributed by atoms with Crippen LogP contribution in [0.2, 0.25) is 0 Å². The lowest BCUT2D eigenvalue weighted by Crippen LogP contribution is -2.50. The van der Waals surface area contributed by atoms with Gasteiger partial charge in [-0.05, 0) is 43.5 Å². The van der Waals surface area contributed by atoms with Gasteiger partial charge >= 0.3 is 0 Å². The fraction of sp³-hybridized carbons (Fsp3) is 0.700. The van der Waals surface area contributed by atoms with Gasteiger partial charge in [-0.25, -0.2) is 0 Å². The molecule has 25 heavy (non-hydrogen) atoms. The van der Waals surface area contributed by atoms with Crippen LogP contribution < -0.4 is 10.6 Å². The number of morpholine rings is 1. The molecule has 1 heterocycles. The minimum Gasteiger partial charge on any atom is -0.379 e. The molecule has 3 rings (SSSR count). The molecule has 1 aromatic carbocycles. The Morgan fingerprint density at radius 1 is 1.28 bits per heavy atom. The lowest BCUT2D eigenvalue weighted by molar-refractivity contribution is 0.0524. The van der Waals surface area contributed by atoms with Crippen LogP contribution >= 0.6 is 12.4 Å².